The molecular weight excluding hydrogens is 380 g/mol. The molecule has 0 aromatic heterocycles. The summed E-state index contributed by atoms with van der Waals surface area (Å²) < 4.78 is 5.30. The number of rotatable bonds is 5. The van der Waals surface area contributed by atoms with Crippen molar-refractivity contribution in [3.8, 4) is 5.75 Å². The average molecular weight is 408 g/mol. The van der Waals surface area contributed by atoms with Crippen LogP contribution < -0.4 is 4.74 Å². The van der Waals surface area contributed by atoms with Gasteiger partial charge < -0.3 is 9.84 Å². The Bertz CT molecular complexity index is 1000. The summed E-state index contributed by atoms with van der Waals surface area (Å²) in [6.45, 7) is 8.48. The van der Waals surface area contributed by atoms with Gasteiger partial charge in [0.2, 0.25) is 0 Å². The van der Waals surface area contributed by atoms with Crippen LogP contribution >= 0.6 is 0 Å². The molecule has 0 saturated carbocycles. The fourth-order valence-electron chi connectivity index (χ4n) is 3.18. The van der Waals surface area contributed by atoms with Crippen LogP contribution in [-0.2, 0) is 16.3 Å². The lowest BCUT2D eigenvalue weighted by Crippen LogP contribution is -2.13. The second-order valence-corrected chi connectivity index (χ2v) is 10.1. The largest absolute Gasteiger partial charge is 0.497 e. The van der Waals surface area contributed by atoms with Crippen LogP contribution in [0, 0.1) is 6.92 Å². The van der Waals surface area contributed by atoms with Crippen molar-refractivity contribution in [3.05, 3.63) is 83.4 Å². The number of aryl methyl sites for hydroxylation is 1. The molecule has 1 unspecified atom stereocenters. The summed E-state index contributed by atoms with van der Waals surface area (Å²) in [6, 6.07) is 22.1. The molecule has 0 fully saturated rings. The molecule has 3 aromatic rings. The molecule has 0 aliphatic heterocycles. The van der Waals surface area contributed by atoms with Gasteiger partial charge in [0.1, 0.15) is 22.2 Å². The third-order valence-electron chi connectivity index (χ3n) is 4.84. The Morgan fingerprint density at radius 3 is 1.93 bits per heavy atom. The minimum absolute atomic E-state index is 0.0628. The van der Waals surface area contributed by atoms with E-state index in [1.165, 1.54) is 5.56 Å². The van der Waals surface area contributed by atoms with Crippen LogP contribution in [0.4, 0.5) is 0 Å². The average Bonchev–Trinajstić information content (AvgIpc) is 2.69. The van der Waals surface area contributed by atoms with Crippen LogP contribution in [-0.4, -0.2) is 18.2 Å². The highest BCUT2D eigenvalue weighted by molar-refractivity contribution is 7.97. The molecule has 0 aliphatic carbocycles. The van der Waals surface area contributed by atoms with Gasteiger partial charge in [0.25, 0.3) is 0 Å². The maximum Gasteiger partial charge on any atom is 0.340 e. The highest BCUT2D eigenvalue weighted by Crippen LogP contribution is 2.35. The standard InChI is InChI=1S/C25H26O3S/c1-17-6-15-23(22(16-17)24(26)27)29(21-13-9-19(28-5)10-14-21)20-11-7-18(8-12-20)25(2,3)4/h6-16H,1-5H3/p+1. The lowest BCUT2D eigenvalue weighted by Gasteiger charge is -2.19. The van der Waals surface area contributed by atoms with E-state index < -0.39 is 16.9 Å². The van der Waals surface area contributed by atoms with Gasteiger partial charge in [-0.25, -0.2) is 4.79 Å². The predicted molar refractivity (Wildman–Crippen MR) is 118 cm³/mol. The van der Waals surface area contributed by atoms with E-state index in [9.17, 15) is 9.90 Å². The molecule has 3 aromatic carbocycles. The Hall–Kier alpha value is -2.72. The number of hydrogen-bond acceptors (Lipinski definition) is 2. The van der Waals surface area contributed by atoms with Crippen LogP contribution in [0.25, 0.3) is 0 Å². The van der Waals surface area contributed by atoms with Crippen molar-refractivity contribution in [2.75, 3.05) is 7.11 Å². The van der Waals surface area contributed by atoms with E-state index in [2.05, 4.69) is 45.0 Å². The summed E-state index contributed by atoms with van der Waals surface area (Å²) in [7, 11) is 1.10. The molecule has 4 heteroatoms. The summed E-state index contributed by atoms with van der Waals surface area (Å²) in [5.41, 5.74) is 2.60. The number of carboxylic acids is 1. The lowest BCUT2D eigenvalue weighted by molar-refractivity contribution is 0.0693. The SMILES string of the molecule is COc1ccc([S+](c2ccc(C(C)(C)C)cc2)c2ccc(C)cc2C(=O)O)cc1. The van der Waals surface area contributed by atoms with Crippen molar-refractivity contribution in [3.63, 3.8) is 0 Å². The van der Waals surface area contributed by atoms with Gasteiger partial charge in [0.05, 0.1) is 7.11 Å². The monoisotopic (exact) mass is 407 g/mol. The number of hydrogen-bond donors (Lipinski definition) is 1. The number of ether oxygens (including phenoxy) is 1. The summed E-state index contributed by atoms with van der Waals surface area (Å²) in [5.74, 6) is -0.122. The van der Waals surface area contributed by atoms with Crippen molar-refractivity contribution in [1.82, 2.24) is 0 Å². The van der Waals surface area contributed by atoms with E-state index >= 15 is 0 Å². The fourth-order valence-corrected chi connectivity index (χ4v) is 5.35. The quantitative estimate of drug-likeness (QED) is 0.520. The molecule has 0 aliphatic rings. The maximum atomic E-state index is 12.0. The van der Waals surface area contributed by atoms with Gasteiger partial charge in [-0.3, -0.25) is 0 Å². The summed E-state index contributed by atoms with van der Waals surface area (Å²) >= 11 is 0. The first-order valence-corrected chi connectivity index (χ1v) is 10.8. The Kier molecular flexibility index (Phi) is 6.04. The van der Waals surface area contributed by atoms with E-state index in [-0.39, 0.29) is 5.41 Å². The first kappa shape index (κ1) is 21.0. The van der Waals surface area contributed by atoms with Gasteiger partial charge in [-0.2, -0.15) is 0 Å². The van der Waals surface area contributed by atoms with Gasteiger partial charge >= 0.3 is 5.97 Å². The Morgan fingerprint density at radius 2 is 1.45 bits per heavy atom. The molecule has 0 bridgehead atoms. The van der Waals surface area contributed by atoms with Crippen molar-refractivity contribution in [2.24, 2.45) is 0 Å². The summed E-state index contributed by atoms with van der Waals surface area (Å²) in [4.78, 5) is 15.0. The summed E-state index contributed by atoms with van der Waals surface area (Å²) in [6.07, 6.45) is 0. The zero-order valence-corrected chi connectivity index (χ0v) is 18.3. The molecule has 0 heterocycles. The second kappa shape index (κ2) is 8.34. The Morgan fingerprint density at radius 1 is 0.897 bits per heavy atom. The zero-order valence-electron chi connectivity index (χ0n) is 17.5. The minimum atomic E-state index is -0.902. The number of carbonyl (C=O) groups is 1. The van der Waals surface area contributed by atoms with Crippen LogP contribution in [0.5, 0.6) is 5.75 Å². The van der Waals surface area contributed by atoms with Gasteiger partial charge in [0, 0.05) is 0 Å². The molecule has 0 spiro atoms. The molecule has 1 N–H and O–H groups in total. The molecule has 0 radical (unpaired) electrons. The Balaban J connectivity index is 2.19. The van der Waals surface area contributed by atoms with Crippen LogP contribution in [0.15, 0.2) is 81.4 Å². The van der Waals surface area contributed by atoms with Crippen LogP contribution in [0.2, 0.25) is 0 Å². The molecule has 150 valence electrons. The number of carboxylic acid groups (broad SMARTS) is 1. The molecule has 3 nitrogen and oxygen atoms in total. The molecule has 29 heavy (non-hydrogen) atoms. The van der Waals surface area contributed by atoms with Crippen molar-refractivity contribution in [1.29, 1.82) is 0 Å². The maximum absolute atomic E-state index is 12.0. The summed E-state index contributed by atoms with van der Waals surface area (Å²) in [5, 5.41) is 9.85. The normalized spacial score (nSPS) is 12.4. The van der Waals surface area contributed by atoms with E-state index in [0.717, 1.165) is 26.0 Å². The molecular formula is C25H27O3S+. The third kappa shape index (κ3) is 4.65. The highest BCUT2D eigenvalue weighted by atomic mass is 32.2. The van der Waals surface area contributed by atoms with E-state index in [0.29, 0.717) is 5.56 Å². The molecule has 1 atom stereocenters. The Labute approximate surface area is 175 Å². The first-order valence-electron chi connectivity index (χ1n) is 9.53. The van der Waals surface area contributed by atoms with Gasteiger partial charge in [-0.1, -0.05) is 39.0 Å². The van der Waals surface area contributed by atoms with Crippen molar-refractivity contribution < 1.29 is 14.6 Å². The third-order valence-corrected chi connectivity index (χ3v) is 7.12. The fraction of sp³-hybridized carbons (Fsp3) is 0.240. The minimum Gasteiger partial charge on any atom is -0.497 e. The zero-order chi connectivity index (χ0) is 21.2. The number of aromatic carboxylic acids is 1. The van der Waals surface area contributed by atoms with Gasteiger partial charge in [-0.05, 0) is 72.0 Å². The number of benzene rings is 3. The predicted octanol–water partition coefficient (Wildman–Crippen LogP) is 6.09. The van der Waals surface area contributed by atoms with Gasteiger partial charge in [-0.15, -0.1) is 0 Å². The molecule has 0 amide bonds. The van der Waals surface area contributed by atoms with Crippen LogP contribution in [0.3, 0.4) is 0 Å². The highest BCUT2D eigenvalue weighted by Gasteiger charge is 2.33. The number of methoxy groups -OCH3 is 1. The van der Waals surface area contributed by atoms with E-state index in [1.807, 2.05) is 43.3 Å². The second-order valence-electron chi connectivity index (χ2n) is 8.06. The van der Waals surface area contributed by atoms with Crippen molar-refractivity contribution in [2.45, 2.75) is 47.8 Å². The lowest BCUT2D eigenvalue weighted by atomic mass is 9.87. The van der Waals surface area contributed by atoms with E-state index in [1.54, 1.807) is 13.2 Å². The molecule has 3 rings (SSSR count). The molecule has 0 saturated heterocycles. The smallest absolute Gasteiger partial charge is 0.340 e. The van der Waals surface area contributed by atoms with Crippen LogP contribution in [0.1, 0.15) is 42.3 Å². The van der Waals surface area contributed by atoms with Gasteiger partial charge in [0.15, 0.2) is 14.7 Å². The van der Waals surface area contributed by atoms with E-state index in [4.69, 9.17) is 4.74 Å². The topological polar surface area (TPSA) is 46.5 Å². The first-order chi connectivity index (χ1) is 13.7. The van der Waals surface area contributed by atoms with Crippen molar-refractivity contribution >= 4 is 16.9 Å².